The number of Topliss-reactive ketones (excluding diaryl/α,β-unsaturated/α-hetero) is 1. The average Bonchev–Trinajstić information content (AvgIpc) is 3.14. The maximum atomic E-state index is 13.0. The van der Waals surface area contributed by atoms with E-state index < -0.39 is 5.41 Å². The Kier molecular flexibility index (Phi) is 4.87. The fraction of sp³-hybridized carbons (Fsp3) is 0.696. The van der Waals surface area contributed by atoms with Crippen LogP contribution in [0.4, 0.5) is 0 Å². The standard InChI is InChI=1S/C23H30O6/c1-13(24)16-5-6-18(28-14(2)25)20-22(16,3)9-7-17-21(26)29-19(11-23(17,20)4)15-8-10-27-12-15/h8,10,12,16-20H,5-7,9,11H2,1-4H3/t16-,17?,18-,19?,20?,22-,23-/m0/s1. The van der Waals surface area contributed by atoms with Gasteiger partial charge in [0.2, 0.25) is 0 Å². The number of furan rings is 1. The van der Waals surface area contributed by atoms with E-state index in [1.54, 1.807) is 19.5 Å². The topological polar surface area (TPSA) is 82.8 Å². The molecule has 2 aliphatic carbocycles. The number of ketones is 1. The highest BCUT2D eigenvalue weighted by Crippen LogP contribution is 2.66. The summed E-state index contributed by atoms with van der Waals surface area (Å²) in [7, 11) is 0. The van der Waals surface area contributed by atoms with Crippen LogP contribution in [0.2, 0.25) is 0 Å². The van der Waals surface area contributed by atoms with Gasteiger partial charge in [0.05, 0.1) is 18.4 Å². The lowest BCUT2D eigenvalue weighted by molar-refractivity contribution is -0.221. The van der Waals surface area contributed by atoms with Gasteiger partial charge in [0.25, 0.3) is 0 Å². The third-order valence-electron chi connectivity index (χ3n) is 7.99. The monoisotopic (exact) mass is 402 g/mol. The van der Waals surface area contributed by atoms with Gasteiger partial charge in [-0.15, -0.1) is 0 Å². The van der Waals surface area contributed by atoms with Crippen LogP contribution < -0.4 is 0 Å². The minimum atomic E-state index is -0.432. The summed E-state index contributed by atoms with van der Waals surface area (Å²) in [6, 6.07) is 1.83. The Morgan fingerprint density at radius 2 is 1.90 bits per heavy atom. The summed E-state index contributed by atoms with van der Waals surface area (Å²) in [4.78, 5) is 37.5. The molecule has 2 heterocycles. The van der Waals surface area contributed by atoms with Crippen LogP contribution in [0.3, 0.4) is 0 Å². The smallest absolute Gasteiger partial charge is 0.310 e. The van der Waals surface area contributed by atoms with Crippen LogP contribution in [0.1, 0.15) is 71.5 Å². The molecule has 158 valence electrons. The molecule has 0 radical (unpaired) electrons. The molecule has 1 saturated heterocycles. The third kappa shape index (κ3) is 3.11. The van der Waals surface area contributed by atoms with Crippen LogP contribution in [0.25, 0.3) is 0 Å². The molecule has 1 aromatic rings. The van der Waals surface area contributed by atoms with Crippen LogP contribution in [0.5, 0.6) is 0 Å². The number of fused-ring (bicyclic) bond motifs is 3. The Balaban J connectivity index is 1.78. The number of hydrogen-bond acceptors (Lipinski definition) is 6. The van der Waals surface area contributed by atoms with Gasteiger partial charge in [-0.05, 0) is 55.9 Å². The van der Waals surface area contributed by atoms with E-state index in [1.165, 1.54) is 6.92 Å². The second kappa shape index (κ2) is 6.99. The van der Waals surface area contributed by atoms with Gasteiger partial charge in [0, 0.05) is 24.3 Å². The highest BCUT2D eigenvalue weighted by Gasteiger charge is 2.65. The van der Waals surface area contributed by atoms with Crippen molar-refractivity contribution >= 4 is 17.7 Å². The molecule has 3 unspecified atom stereocenters. The summed E-state index contributed by atoms with van der Waals surface area (Å²) in [5.74, 6) is -0.740. The van der Waals surface area contributed by atoms with Gasteiger partial charge < -0.3 is 13.9 Å². The Morgan fingerprint density at radius 1 is 1.14 bits per heavy atom. The van der Waals surface area contributed by atoms with E-state index in [0.717, 1.165) is 18.4 Å². The maximum Gasteiger partial charge on any atom is 0.310 e. The number of esters is 2. The summed E-state index contributed by atoms with van der Waals surface area (Å²) in [6.45, 7) is 7.39. The first-order chi connectivity index (χ1) is 13.7. The molecule has 0 N–H and O–H groups in total. The molecule has 0 aromatic carbocycles. The highest BCUT2D eigenvalue weighted by atomic mass is 16.6. The van der Waals surface area contributed by atoms with Crippen LogP contribution >= 0.6 is 0 Å². The lowest BCUT2D eigenvalue weighted by Crippen LogP contribution is -2.63. The molecule has 4 rings (SSSR count). The molecule has 29 heavy (non-hydrogen) atoms. The molecule has 1 aromatic heterocycles. The first-order valence-electron chi connectivity index (χ1n) is 10.6. The molecule has 3 aliphatic rings. The van der Waals surface area contributed by atoms with Crippen molar-refractivity contribution in [2.24, 2.45) is 28.6 Å². The summed E-state index contributed by atoms with van der Waals surface area (Å²) >= 11 is 0. The van der Waals surface area contributed by atoms with Crippen molar-refractivity contribution in [1.29, 1.82) is 0 Å². The van der Waals surface area contributed by atoms with Crippen LogP contribution in [0.15, 0.2) is 23.0 Å². The van der Waals surface area contributed by atoms with Crippen molar-refractivity contribution in [3.63, 3.8) is 0 Å². The Bertz CT molecular complexity index is 813. The van der Waals surface area contributed by atoms with Gasteiger partial charge in [-0.2, -0.15) is 0 Å². The number of cyclic esters (lactones) is 1. The van der Waals surface area contributed by atoms with Gasteiger partial charge >= 0.3 is 11.9 Å². The van der Waals surface area contributed by atoms with E-state index in [4.69, 9.17) is 13.9 Å². The minimum Gasteiger partial charge on any atom is -0.472 e. The zero-order valence-corrected chi connectivity index (χ0v) is 17.6. The first kappa shape index (κ1) is 20.2. The fourth-order valence-electron chi connectivity index (χ4n) is 6.95. The lowest BCUT2D eigenvalue weighted by Gasteiger charge is -2.63. The summed E-state index contributed by atoms with van der Waals surface area (Å²) < 4.78 is 16.8. The third-order valence-corrected chi connectivity index (χ3v) is 7.99. The summed E-state index contributed by atoms with van der Waals surface area (Å²) in [6.07, 6.45) is 5.96. The minimum absolute atomic E-state index is 0.0810. The zero-order valence-electron chi connectivity index (χ0n) is 17.6. The predicted octanol–water partition coefficient (Wildman–Crippen LogP) is 4.24. The van der Waals surface area contributed by atoms with Crippen LogP contribution in [-0.2, 0) is 23.9 Å². The molecular formula is C23H30O6. The second-order valence-corrected chi connectivity index (χ2v) is 9.66. The molecule has 7 atom stereocenters. The number of ether oxygens (including phenoxy) is 2. The molecule has 2 saturated carbocycles. The molecular weight excluding hydrogens is 372 g/mol. The summed E-state index contributed by atoms with van der Waals surface area (Å²) in [5.41, 5.74) is 0.0975. The van der Waals surface area contributed by atoms with Crippen molar-refractivity contribution in [3.05, 3.63) is 24.2 Å². The maximum absolute atomic E-state index is 13.0. The number of rotatable bonds is 3. The van der Waals surface area contributed by atoms with E-state index >= 15 is 0 Å². The molecule has 0 amide bonds. The van der Waals surface area contributed by atoms with E-state index in [-0.39, 0.29) is 53.1 Å². The lowest BCUT2D eigenvalue weighted by atomic mass is 9.42. The largest absolute Gasteiger partial charge is 0.472 e. The average molecular weight is 402 g/mol. The van der Waals surface area contributed by atoms with Crippen molar-refractivity contribution in [3.8, 4) is 0 Å². The van der Waals surface area contributed by atoms with E-state index in [2.05, 4.69) is 13.8 Å². The predicted molar refractivity (Wildman–Crippen MR) is 104 cm³/mol. The van der Waals surface area contributed by atoms with Gasteiger partial charge in [-0.3, -0.25) is 14.4 Å². The zero-order chi connectivity index (χ0) is 21.0. The molecule has 0 bridgehead atoms. The summed E-state index contributed by atoms with van der Waals surface area (Å²) in [5, 5.41) is 0. The number of hydrogen-bond donors (Lipinski definition) is 0. The quantitative estimate of drug-likeness (QED) is 0.704. The van der Waals surface area contributed by atoms with Crippen molar-refractivity contribution in [2.45, 2.75) is 72.0 Å². The fourth-order valence-corrected chi connectivity index (χ4v) is 6.95. The highest BCUT2D eigenvalue weighted by molar-refractivity contribution is 5.80. The Morgan fingerprint density at radius 3 is 2.52 bits per heavy atom. The SMILES string of the molecule is CC(=O)O[C@H]1CC[C@@H](C(C)=O)[C@]2(C)CCC3C(=O)OC(c4ccoc4)C[C@]3(C)C12. The van der Waals surface area contributed by atoms with Gasteiger partial charge in [-0.25, -0.2) is 0 Å². The van der Waals surface area contributed by atoms with Crippen molar-refractivity contribution in [2.75, 3.05) is 0 Å². The molecule has 6 heteroatoms. The van der Waals surface area contributed by atoms with Crippen LogP contribution in [0, 0.1) is 28.6 Å². The van der Waals surface area contributed by atoms with Crippen molar-refractivity contribution in [1.82, 2.24) is 0 Å². The van der Waals surface area contributed by atoms with E-state index in [9.17, 15) is 14.4 Å². The molecule has 6 nitrogen and oxygen atoms in total. The molecule has 1 aliphatic heterocycles. The normalized spacial score (nSPS) is 41.7. The first-order valence-corrected chi connectivity index (χ1v) is 10.6. The van der Waals surface area contributed by atoms with Gasteiger partial charge in [0.1, 0.15) is 18.0 Å². The Labute approximate surface area is 171 Å². The molecule has 0 spiro atoms. The van der Waals surface area contributed by atoms with Gasteiger partial charge in [-0.1, -0.05) is 13.8 Å². The molecule has 3 fully saturated rings. The van der Waals surface area contributed by atoms with Crippen LogP contribution in [-0.4, -0.2) is 23.8 Å². The van der Waals surface area contributed by atoms with Gasteiger partial charge in [0.15, 0.2) is 0 Å². The number of carbonyl (C=O) groups excluding carboxylic acids is 3. The second-order valence-electron chi connectivity index (χ2n) is 9.66. The van der Waals surface area contributed by atoms with Crippen molar-refractivity contribution < 1.29 is 28.3 Å². The Hall–Kier alpha value is -2.11. The van der Waals surface area contributed by atoms with E-state index in [0.29, 0.717) is 19.3 Å². The van der Waals surface area contributed by atoms with E-state index in [1.807, 2.05) is 6.07 Å². The number of carbonyl (C=O) groups is 3.